The molecule has 0 radical (unpaired) electrons. The highest BCUT2D eigenvalue weighted by atomic mass is 19.1. The van der Waals surface area contributed by atoms with Crippen LogP contribution >= 0.6 is 0 Å². The smallest absolute Gasteiger partial charge is 0.252 e. The fourth-order valence-corrected chi connectivity index (χ4v) is 3.67. The van der Waals surface area contributed by atoms with E-state index in [0.717, 1.165) is 45.0 Å². The van der Waals surface area contributed by atoms with Gasteiger partial charge in [0, 0.05) is 38.3 Å². The third-order valence-corrected chi connectivity index (χ3v) is 5.26. The SMILES string of the molecule is Cn1cccc1-c1cc(C(=O)NCCCN2CCOCC2)c2cc(F)ccc2n1. The van der Waals surface area contributed by atoms with Crippen molar-refractivity contribution < 1.29 is 13.9 Å². The summed E-state index contributed by atoms with van der Waals surface area (Å²) in [4.78, 5) is 19.9. The van der Waals surface area contributed by atoms with Crippen LogP contribution in [0.3, 0.4) is 0 Å². The predicted octanol–water partition coefficient (Wildman–Crippen LogP) is 2.83. The molecular weight excluding hydrogens is 371 g/mol. The van der Waals surface area contributed by atoms with Crippen molar-refractivity contribution in [2.75, 3.05) is 39.4 Å². The second-order valence-corrected chi connectivity index (χ2v) is 7.28. The van der Waals surface area contributed by atoms with E-state index in [1.165, 1.54) is 12.1 Å². The monoisotopic (exact) mass is 396 g/mol. The Balaban J connectivity index is 1.53. The number of halogens is 1. The van der Waals surface area contributed by atoms with E-state index in [-0.39, 0.29) is 11.7 Å². The summed E-state index contributed by atoms with van der Waals surface area (Å²) < 4.78 is 21.2. The van der Waals surface area contributed by atoms with E-state index in [1.807, 2.05) is 29.9 Å². The van der Waals surface area contributed by atoms with Gasteiger partial charge >= 0.3 is 0 Å². The van der Waals surface area contributed by atoms with Gasteiger partial charge in [-0.1, -0.05) is 0 Å². The number of hydrogen-bond donors (Lipinski definition) is 1. The van der Waals surface area contributed by atoms with Gasteiger partial charge in [-0.2, -0.15) is 0 Å². The van der Waals surface area contributed by atoms with Crippen LogP contribution in [-0.4, -0.2) is 59.8 Å². The molecule has 0 spiro atoms. The van der Waals surface area contributed by atoms with Crippen molar-refractivity contribution in [2.45, 2.75) is 6.42 Å². The highest BCUT2D eigenvalue weighted by molar-refractivity contribution is 6.07. The van der Waals surface area contributed by atoms with Crippen molar-refractivity contribution in [1.82, 2.24) is 19.8 Å². The summed E-state index contributed by atoms with van der Waals surface area (Å²) >= 11 is 0. The molecule has 152 valence electrons. The molecule has 1 saturated heterocycles. The summed E-state index contributed by atoms with van der Waals surface area (Å²) in [5.41, 5.74) is 2.63. The van der Waals surface area contributed by atoms with Gasteiger partial charge in [0.15, 0.2) is 0 Å². The number of carbonyl (C=O) groups is 1. The first kappa shape index (κ1) is 19.5. The van der Waals surface area contributed by atoms with Crippen molar-refractivity contribution in [1.29, 1.82) is 0 Å². The Labute approximate surface area is 169 Å². The Hall–Kier alpha value is -2.77. The van der Waals surface area contributed by atoms with Crippen LogP contribution in [0.2, 0.25) is 0 Å². The molecule has 2 aromatic heterocycles. The maximum absolute atomic E-state index is 13.9. The first-order valence-electron chi connectivity index (χ1n) is 9.92. The Bertz CT molecular complexity index is 1010. The topological polar surface area (TPSA) is 59.4 Å². The molecule has 1 amide bonds. The summed E-state index contributed by atoms with van der Waals surface area (Å²) in [5.74, 6) is -0.590. The molecule has 6 nitrogen and oxygen atoms in total. The lowest BCUT2D eigenvalue weighted by atomic mass is 10.1. The normalized spacial score (nSPS) is 15.0. The first-order chi connectivity index (χ1) is 14.1. The van der Waals surface area contributed by atoms with Gasteiger partial charge in [0.2, 0.25) is 0 Å². The van der Waals surface area contributed by atoms with Crippen molar-refractivity contribution in [3.63, 3.8) is 0 Å². The van der Waals surface area contributed by atoms with Crippen LogP contribution in [0.25, 0.3) is 22.3 Å². The third-order valence-electron chi connectivity index (χ3n) is 5.26. The second kappa shape index (κ2) is 8.71. The Morgan fingerprint density at radius 1 is 1.24 bits per heavy atom. The van der Waals surface area contributed by atoms with E-state index in [4.69, 9.17) is 4.74 Å². The van der Waals surface area contributed by atoms with Crippen LogP contribution in [0.1, 0.15) is 16.8 Å². The zero-order valence-electron chi connectivity index (χ0n) is 16.5. The Morgan fingerprint density at radius 2 is 2.07 bits per heavy atom. The minimum absolute atomic E-state index is 0.208. The number of aryl methyl sites for hydroxylation is 1. The molecule has 0 aliphatic carbocycles. The van der Waals surface area contributed by atoms with Gasteiger partial charge in [0.05, 0.1) is 35.7 Å². The maximum atomic E-state index is 13.9. The van der Waals surface area contributed by atoms with E-state index in [2.05, 4.69) is 15.2 Å². The van der Waals surface area contributed by atoms with Gasteiger partial charge in [0.1, 0.15) is 5.82 Å². The fraction of sp³-hybridized carbons (Fsp3) is 0.364. The maximum Gasteiger partial charge on any atom is 0.252 e. The van der Waals surface area contributed by atoms with Crippen molar-refractivity contribution in [2.24, 2.45) is 7.05 Å². The lowest BCUT2D eigenvalue weighted by molar-refractivity contribution is 0.0374. The van der Waals surface area contributed by atoms with Crippen LogP contribution in [0.4, 0.5) is 4.39 Å². The van der Waals surface area contributed by atoms with Crippen molar-refractivity contribution in [3.05, 3.63) is 54.0 Å². The number of benzene rings is 1. The average Bonchev–Trinajstić information content (AvgIpc) is 3.17. The molecule has 7 heteroatoms. The zero-order chi connectivity index (χ0) is 20.2. The molecule has 1 N–H and O–H groups in total. The van der Waals surface area contributed by atoms with Gasteiger partial charge in [0.25, 0.3) is 5.91 Å². The van der Waals surface area contributed by atoms with Gasteiger partial charge in [-0.3, -0.25) is 9.69 Å². The molecule has 0 atom stereocenters. The van der Waals surface area contributed by atoms with E-state index >= 15 is 0 Å². The van der Waals surface area contributed by atoms with Gasteiger partial charge in [-0.25, -0.2) is 9.37 Å². The number of rotatable bonds is 6. The molecule has 3 heterocycles. The summed E-state index contributed by atoms with van der Waals surface area (Å²) in [6.45, 7) is 4.88. The standard InChI is InChI=1S/C22H25FN4O2/c1-26-8-2-4-21(26)20-15-18(17-14-16(23)5-6-19(17)25-20)22(28)24-7-3-9-27-10-12-29-13-11-27/h2,4-6,8,14-15H,3,7,9-13H2,1H3,(H,24,28). The van der Waals surface area contributed by atoms with E-state index in [1.54, 1.807) is 12.1 Å². The molecule has 1 aliphatic rings. The molecule has 4 rings (SSSR count). The van der Waals surface area contributed by atoms with Crippen LogP contribution in [0.5, 0.6) is 0 Å². The molecule has 0 unspecified atom stereocenters. The third kappa shape index (κ3) is 4.46. The molecule has 1 aromatic carbocycles. The predicted molar refractivity (Wildman–Crippen MR) is 110 cm³/mol. The minimum atomic E-state index is -0.382. The molecule has 0 saturated carbocycles. The fourth-order valence-electron chi connectivity index (χ4n) is 3.67. The number of ether oxygens (including phenoxy) is 1. The van der Waals surface area contributed by atoms with E-state index in [0.29, 0.717) is 28.7 Å². The van der Waals surface area contributed by atoms with Crippen LogP contribution < -0.4 is 5.32 Å². The zero-order valence-corrected chi connectivity index (χ0v) is 16.5. The molecule has 29 heavy (non-hydrogen) atoms. The number of nitrogens with one attached hydrogen (secondary N) is 1. The number of pyridine rings is 1. The Kier molecular flexibility index (Phi) is 5.87. The average molecular weight is 396 g/mol. The number of aromatic nitrogens is 2. The van der Waals surface area contributed by atoms with Gasteiger partial charge in [-0.05, 0) is 49.4 Å². The number of carbonyl (C=O) groups excluding carboxylic acids is 1. The van der Waals surface area contributed by atoms with Crippen LogP contribution in [0, 0.1) is 5.82 Å². The Morgan fingerprint density at radius 3 is 2.83 bits per heavy atom. The molecule has 3 aromatic rings. The summed E-state index contributed by atoms with van der Waals surface area (Å²) in [6.07, 6.45) is 2.78. The number of nitrogens with zero attached hydrogens (tertiary/aromatic N) is 3. The van der Waals surface area contributed by atoms with E-state index in [9.17, 15) is 9.18 Å². The lowest BCUT2D eigenvalue weighted by Gasteiger charge is -2.26. The largest absolute Gasteiger partial charge is 0.379 e. The molecular formula is C22H25FN4O2. The number of fused-ring (bicyclic) bond motifs is 1. The van der Waals surface area contributed by atoms with Crippen LogP contribution in [-0.2, 0) is 11.8 Å². The highest BCUT2D eigenvalue weighted by Crippen LogP contribution is 2.25. The molecule has 1 aliphatic heterocycles. The van der Waals surface area contributed by atoms with Gasteiger partial charge < -0.3 is 14.6 Å². The number of hydrogen-bond acceptors (Lipinski definition) is 4. The second-order valence-electron chi connectivity index (χ2n) is 7.28. The minimum Gasteiger partial charge on any atom is -0.379 e. The highest BCUT2D eigenvalue weighted by Gasteiger charge is 2.16. The van der Waals surface area contributed by atoms with Crippen molar-refractivity contribution in [3.8, 4) is 11.4 Å². The van der Waals surface area contributed by atoms with Crippen LogP contribution in [0.15, 0.2) is 42.6 Å². The molecule has 0 bridgehead atoms. The summed E-state index contributed by atoms with van der Waals surface area (Å²) in [6, 6.07) is 9.98. The van der Waals surface area contributed by atoms with E-state index < -0.39 is 0 Å². The van der Waals surface area contributed by atoms with Crippen molar-refractivity contribution >= 4 is 16.8 Å². The quantitative estimate of drug-likeness (QED) is 0.651. The van der Waals surface area contributed by atoms with Gasteiger partial charge in [-0.15, -0.1) is 0 Å². The number of morpholine rings is 1. The molecule has 1 fully saturated rings. The summed E-state index contributed by atoms with van der Waals surface area (Å²) in [7, 11) is 1.93. The first-order valence-corrected chi connectivity index (χ1v) is 9.92. The summed E-state index contributed by atoms with van der Waals surface area (Å²) in [5, 5.41) is 3.51. The number of amides is 1. The lowest BCUT2D eigenvalue weighted by Crippen LogP contribution is -2.38.